The van der Waals surface area contributed by atoms with Crippen LogP contribution in [-0.2, 0) is 16.0 Å². The number of hydrogen-bond acceptors (Lipinski definition) is 4. The number of amides is 2. The van der Waals surface area contributed by atoms with Crippen molar-refractivity contribution >= 4 is 11.8 Å². The van der Waals surface area contributed by atoms with Gasteiger partial charge in [0.05, 0.1) is 11.5 Å². The number of nitrogens with one attached hydrogen (secondary N) is 1. The lowest BCUT2D eigenvalue weighted by Crippen LogP contribution is -2.52. The van der Waals surface area contributed by atoms with E-state index in [-0.39, 0.29) is 25.3 Å². The SMILES string of the molecule is CCCCCNC[C@H](O)[C@@H](Cc1cc(F)cc(F)c1)C1(C(N)=O)C=C(C)C=C(C(=O)N(CCC)CCC)C1. The van der Waals surface area contributed by atoms with E-state index in [1.54, 1.807) is 24.0 Å². The van der Waals surface area contributed by atoms with Gasteiger partial charge >= 0.3 is 0 Å². The molecule has 8 heteroatoms. The molecule has 0 heterocycles. The summed E-state index contributed by atoms with van der Waals surface area (Å²) in [5.41, 5.74) is 6.08. The number of hydrogen-bond donors (Lipinski definition) is 3. The quantitative estimate of drug-likeness (QED) is 0.269. The lowest BCUT2D eigenvalue weighted by Gasteiger charge is -2.42. The van der Waals surface area contributed by atoms with E-state index in [9.17, 15) is 23.5 Å². The van der Waals surface area contributed by atoms with Crippen LogP contribution in [0.2, 0.25) is 0 Å². The molecule has 4 N–H and O–H groups in total. The summed E-state index contributed by atoms with van der Waals surface area (Å²) in [7, 11) is 0. The van der Waals surface area contributed by atoms with E-state index in [2.05, 4.69) is 12.2 Å². The second kappa shape index (κ2) is 15.1. The third kappa shape index (κ3) is 8.46. The Morgan fingerprint density at radius 3 is 2.26 bits per heavy atom. The summed E-state index contributed by atoms with van der Waals surface area (Å²) < 4.78 is 28.2. The van der Waals surface area contributed by atoms with Crippen LogP contribution in [-0.4, -0.2) is 54.1 Å². The van der Waals surface area contributed by atoms with Crippen molar-refractivity contribution in [1.29, 1.82) is 0 Å². The van der Waals surface area contributed by atoms with Gasteiger partial charge in [0.2, 0.25) is 11.8 Å². The maximum Gasteiger partial charge on any atom is 0.249 e. The number of unbranched alkanes of at least 4 members (excludes halogenated alkanes) is 2. The molecular formula is C30H45F2N3O3. The van der Waals surface area contributed by atoms with Crippen LogP contribution in [0.3, 0.4) is 0 Å². The number of halogens is 2. The zero-order chi connectivity index (χ0) is 28.3. The second-order valence-corrected chi connectivity index (χ2v) is 10.5. The van der Waals surface area contributed by atoms with Gasteiger partial charge in [-0.2, -0.15) is 0 Å². The molecule has 3 atom stereocenters. The highest BCUT2D eigenvalue weighted by molar-refractivity contribution is 5.96. The van der Waals surface area contributed by atoms with Crippen molar-refractivity contribution in [2.45, 2.75) is 78.7 Å². The van der Waals surface area contributed by atoms with Crippen molar-refractivity contribution in [3.8, 4) is 0 Å². The molecule has 0 aromatic heterocycles. The van der Waals surface area contributed by atoms with Crippen LogP contribution < -0.4 is 11.1 Å². The fraction of sp³-hybridized carbons (Fsp3) is 0.600. The topological polar surface area (TPSA) is 95.7 Å². The fourth-order valence-electron chi connectivity index (χ4n) is 5.45. The Morgan fingerprint density at radius 1 is 1.08 bits per heavy atom. The Bertz CT molecular complexity index is 984. The van der Waals surface area contributed by atoms with Crippen molar-refractivity contribution in [3.63, 3.8) is 0 Å². The number of allylic oxidation sites excluding steroid dienone is 2. The first-order chi connectivity index (χ1) is 18.1. The molecule has 1 unspecified atom stereocenters. The molecule has 0 bridgehead atoms. The summed E-state index contributed by atoms with van der Waals surface area (Å²) >= 11 is 0. The van der Waals surface area contributed by atoms with Gasteiger partial charge in [0, 0.05) is 37.2 Å². The van der Waals surface area contributed by atoms with Crippen LogP contribution in [0.4, 0.5) is 8.78 Å². The zero-order valence-electron chi connectivity index (χ0n) is 23.4. The smallest absolute Gasteiger partial charge is 0.249 e. The van der Waals surface area contributed by atoms with E-state index in [0.717, 1.165) is 38.2 Å². The van der Waals surface area contributed by atoms with Gasteiger partial charge in [-0.15, -0.1) is 0 Å². The first kappa shape index (κ1) is 31.6. The minimum absolute atomic E-state index is 0.00825. The predicted molar refractivity (Wildman–Crippen MR) is 147 cm³/mol. The van der Waals surface area contributed by atoms with E-state index in [0.29, 0.717) is 36.3 Å². The number of carbonyl (C=O) groups excluding carboxylic acids is 2. The Labute approximate surface area is 226 Å². The van der Waals surface area contributed by atoms with E-state index >= 15 is 0 Å². The minimum atomic E-state index is -1.42. The van der Waals surface area contributed by atoms with Crippen molar-refractivity contribution in [1.82, 2.24) is 10.2 Å². The maximum atomic E-state index is 14.1. The van der Waals surface area contributed by atoms with Gasteiger partial charge in [-0.05, 0) is 63.3 Å². The highest BCUT2D eigenvalue weighted by Crippen LogP contribution is 2.44. The third-order valence-electron chi connectivity index (χ3n) is 7.19. The Hall–Kier alpha value is -2.58. The van der Waals surface area contributed by atoms with Gasteiger partial charge in [0.15, 0.2) is 0 Å². The molecule has 1 aliphatic rings. The molecule has 0 radical (unpaired) electrons. The number of aliphatic hydroxyl groups is 1. The summed E-state index contributed by atoms with van der Waals surface area (Å²) in [6.07, 6.45) is 7.09. The second-order valence-electron chi connectivity index (χ2n) is 10.5. The number of primary amides is 1. The van der Waals surface area contributed by atoms with Gasteiger partial charge in [0.1, 0.15) is 11.6 Å². The zero-order valence-corrected chi connectivity index (χ0v) is 23.4. The molecule has 0 aliphatic heterocycles. The molecule has 1 aromatic rings. The molecule has 1 aliphatic carbocycles. The molecule has 6 nitrogen and oxygen atoms in total. The van der Waals surface area contributed by atoms with Crippen LogP contribution in [0, 0.1) is 23.0 Å². The Kier molecular flexibility index (Phi) is 12.6. The number of carbonyl (C=O) groups is 2. The lowest BCUT2D eigenvalue weighted by molar-refractivity contribution is -0.132. The lowest BCUT2D eigenvalue weighted by atomic mass is 9.63. The number of nitrogens with zero attached hydrogens (tertiary/aromatic N) is 1. The number of nitrogens with two attached hydrogens (primary N) is 1. The van der Waals surface area contributed by atoms with Crippen molar-refractivity contribution < 1.29 is 23.5 Å². The summed E-state index contributed by atoms with van der Waals surface area (Å²) in [5.74, 6) is -3.13. The van der Waals surface area contributed by atoms with Crippen molar-refractivity contribution in [2.24, 2.45) is 17.1 Å². The molecule has 2 amide bonds. The molecule has 0 spiro atoms. The van der Waals surface area contributed by atoms with Gasteiger partial charge in [-0.1, -0.05) is 51.3 Å². The van der Waals surface area contributed by atoms with Crippen LogP contribution in [0.25, 0.3) is 0 Å². The van der Waals surface area contributed by atoms with Gasteiger partial charge in [0.25, 0.3) is 0 Å². The number of rotatable bonds is 16. The molecule has 0 saturated heterocycles. The summed E-state index contributed by atoms with van der Waals surface area (Å²) in [6, 6.07) is 3.20. The van der Waals surface area contributed by atoms with Gasteiger partial charge < -0.3 is 21.1 Å². The Balaban J connectivity index is 2.49. The van der Waals surface area contributed by atoms with Crippen molar-refractivity contribution in [3.05, 3.63) is 58.7 Å². The standard InChI is InChI=1S/C30H45F2N3O3/c1-5-8-9-10-34-20-27(36)26(16-22-14-24(31)17-25(32)15-22)30(29(33)38)18-21(4)13-23(19-30)28(37)35(11-6-2)12-7-3/h13-15,17-18,26-27,34,36H,5-12,16,19-20H2,1-4H3,(H2,33,38)/t26-,27+,30?/m1/s1. The van der Waals surface area contributed by atoms with Gasteiger partial charge in [-0.25, -0.2) is 8.78 Å². The summed E-state index contributed by atoms with van der Waals surface area (Å²) in [6.45, 7) is 9.95. The monoisotopic (exact) mass is 533 g/mol. The fourth-order valence-corrected chi connectivity index (χ4v) is 5.45. The van der Waals surface area contributed by atoms with Crippen LogP contribution in [0.1, 0.15) is 71.8 Å². The average Bonchev–Trinajstić information content (AvgIpc) is 2.85. The molecular weight excluding hydrogens is 488 g/mol. The molecule has 0 saturated carbocycles. The molecule has 0 fully saturated rings. The van der Waals surface area contributed by atoms with Crippen molar-refractivity contribution in [2.75, 3.05) is 26.2 Å². The predicted octanol–water partition coefficient (Wildman–Crippen LogP) is 4.66. The normalized spacial score (nSPS) is 18.9. The van der Waals surface area contributed by atoms with E-state index in [4.69, 9.17) is 5.73 Å². The van der Waals surface area contributed by atoms with Crippen LogP contribution >= 0.6 is 0 Å². The van der Waals surface area contributed by atoms with E-state index in [1.807, 2.05) is 13.8 Å². The largest absolute Gasteiger partial charge is 0.391 e. The first-order valence-electron chi connectivity index (χ1n) is 13.9. The Morgan fingerprint density at radius 2 is 1.71 bits per heavy atom. The number of aliphatic hydroxyl groups excluding tert-OH is 1. The maximum absolute atomic E-state index is 14.1. The molecule has 1 aromatic carbocycles. The third-order valence-corrected chi connectivity index (χ3v) is 7.19. The highest BCUT2D eigenvalue weighted by Gasteiger charge is 2.48. The van der Waals surface area contributed by atoms with Crippen LogP contribution in [0.5, 0.6) is 0 Å². The highest BCUT2D eigenvalue weighted by atomic mass is 19.1. The first-order valence-corrected chi connectivity index (χ1v) is 13.9. The summed E-state index contributed by atoms with van der Waals surface area (Å²) in [4.78, 5) is 28.6. The van der Waals surface area contributed by atoms with E-state index < -0.39 is 35.0 Å². The molecule has 38 heavy (non-hydrogen) atoms. The summed E-state index contributed by atoms with van der Waals surface area (Å²) in [5, 5.41) is 14.7. The minimum Gasteiger partial charge on any atom is -0.391 e. The average molecular weight is 534 g/mol. The van der Waals surface area contributed by atoms with Gasteiger partial charge in [-0.3, -0.25) is 9.59 Å². The van der Waals surface area contributed by atoms with Crippen LogP contribution in [0.15, 0.2) is 41.5 Å². The van der Waals surface area contributed by atoms with E-state index in [1.165, 1.54) is 12.1 Å². The number of benzene rings is 1. The molecule has 2 rings (SSSR count). The molecule has 212 valence electrons.